The quantitative estimate of drug-likeness (QED) is 0.440. The summed E-state index contributed by atoms with van der Waals surface area (Å²) >= 11 is 0. The Kier molecular flexibility index (Phi) is 5.41. The third kappa shape index (κ3) is 3.40. The third-order valence-corrected chi connectivity index (χ3v) is 4.23. The lowest BCUT2D eigenvalue weighted by Gasteiger charge is -2.37. The largest absolute Gasteiger partial charge is 0.480 e. The number of aldehydes is 1. The van der Waals surface area contributed by atoms with Crippen molar-refractivity contribution in [1.82, 2.24) is 0 Å². The van der Waals surface area contributed by atoms with Gasteiger partial charge in [0.25, 0.3) is 0 Å². The van der Waals surface area contributed by atoms with Gasteiger partial charge >= 0.3 is 18.1 Å². The van der Waals surface area contributed by atoms with Gasteiger partial charge in [-0.2, -0.15) is 13.2 Å². The second kappa shape index (κ2) is 6.66. The van der Waals surface area contributed by atoms with Gasteiger partial charge in [-0.25, -0.2) is 0 Å². The van der Waals surface area contributed by atoms with Crippen molar-refractivity contribution in [2.45, 2.75) is 26.4 Å². The van der Waals surface area contributed by atoms with Crippen LogP contribution in [0.5, 0.6) is 0 Å². The van der Waals surface area contributed by atoms with Gasteiger partial charge < -0.3 is 15.0 Å². The fraction of sp³-hybridized carbons (Fsp3) is 0.375. The van der Waals surface area contributed by atoms with Gasteiger partial charge in [0, 0.05) is 12.0 Å². The molecule has 1 aromatic carbocycles. The lowest BCUT2D eigenvalue weighted by molar-refractivity contribution is -0.173. The van der Waals surface area contributed by atoms with E-state index in [1.807, 2.05) is 0 Å². The normalized spacial score (nSPS) is 12.5. The number of Topliss-reactive ketones (excluding diaryl/α,β-unsaturated/α-hetero) is 1. The smallest absolute Gasteiger partial charge is 0.416 e. The highest BCUT2D eigenvalue weighted by molar-refractivity contribution is 6.11. The zero-order valence-electron chi connectivity index (χ0n) is 13.3. The number of aliphatic carboxylic acids is 2. The van der Waals surface area contributed by atoms with Crippen LogP contribution in [0.25, 0.3) is 0 Å². The Bertz CT molecular complexity index is 690. The first-order valence-electron chi connectivity index (χ1n) is 6.95. The number of alkyl halides is 3. The van der Waals surface area contributed by atoms with E-state index in [1.165, 1.54) is 0 Å². The van der Waals surface area contributed by atoms with E-state index in [2.05, 4.69) is 0 Å². The molecule has 0 unspecified atom stereocenters. The summed E-state index contributed by atoms with van der Waals surface area (Å²) in [5.41, 5.74) is -6.17. The van der Waals surface area contributed by atoms with Crippen LogP contribution >= 0.6 is 0 Å². The first kappa shape index (κ1) is 20.3. The van der Waals surface area contributed by atoms with E-state index in [0.29, 0.717) is 12.1 Å². The van der Waals surface area contributed by atoms with E-state index in [-0.39, 0.29) is 11.8 Å². The predicted octanol–water partition coefficient (Wildman–Crippen LogP) is 2.66. The fourth-order valence-electron chi connectivity index (χ4n) is 2.55. The number of carbonyl (C=O) groups is 4. The minimum atomic E-state index is -4.62. The maximum Gasteiger partial charge on any atom is 0.416 e. The van der Waals surface area contributed by atoms with Gasteiger partial charge in [-0.3, -0.25) is 14.4 Å². The first-order valence-corrected chi connectivity index (χ1v) is 6.95. The predicted molar refractivity (Wildman–Crippen MR) is 77.9 cm³/mol. The Labute approximate surface area is 140 Å². The monoisotopic (exact) mass is 360 g/mol. The van der Waals surface area contributed by atoms with Crippen LogP contribution in [0.3, 0.4) is 0 Å². The van der Waals surface area contributed by atoms with Crippen molar-refractivity contribution in [3.05, 3.63) is 35.4 Å². The molecule has 136 valence electrons. The second-order valence-corrected chi connectivity index (χ2v) is 5.92. The van der Waals surface area contributed by atoms with Gasteiger partial charge in [0.05, 0.1) is 11.0 Å². The molecule has 0 aromatic heterocycles. The molecule has 0 heterocycles. The summed E-state index contributed by atoms with van der Waals surface area (Å²) in [6.07, 6.45) is -5.53. The molecule has 1 rings (SSSR count). The van der Waals surface area contributed by atoms with Gasteiger partial charge in [0.1, 0.15) is 6.29 Å². The van der Waals surface area contributed by atoms with Crippen molar-refractivity contribution in [3.63, 3.8) is 0 Å². The number of carbonyl (C=O) groups excluding carboxylic acids is 2. The maximum atomic E-state index is 12.6. The van der Waals surface area contributed by atoms with E-state index in [0.717, 1.165) is 26.0 Å². The Balaban J connectivity index is 3.44. The van der Waals surface area contributed by atoms with Crippen molar-refractivity contribution >= 4 is 24.0 Å². The Morgan fingerprint density at radius 3 is 1.76 bits per heavy atom. The molecule has 6 nitrogen and oxygen atoms in total. The first-order chi connectivity index (χ1) is 11.3. The Morgan fingerprint density at radius 1 is 1.00 bits per heavy atom. The van der Waals surface area contributed by atoms with Crippen LogP contribution in [-0.4, -0.2) is 34.2 Å². The standard InChI is InChI=1S/C16H15F3O6/c1-14(2,15(7-8-20,12(22)23)13(24)25)11(21)9-3-5-10(6-4-9)16(17,18)19/h3-6,8H,7H2,1-2H3,(H,22,23)(H,24,25). The minimum absolute atomic E-state index is 0.0734. The fourth-order valence-corrected chi connectivity index (χ4v) is 2.55. The molecule has 1 aromatic rings. The zero-order chi connectivity index (χ0) is 19.6. The summed E-state index contributed by atoms with van der Waals surface area (Å²) in [6.45, 7) is 2.05. The van der Waals surface area contributed by atoms with Crippen LogP contribution in [0.4, 0.5) is 13.2 Å². The summed E-state index contributed by atoms with van der Waals surface area (Å²) in [5, 5.41) is 18.7. The molecule has 0 aliphatic heterocycles. The van der Waals surface area contributed by atoms with Crippen molar-refractivity contribution in [3.8, 4) is 0 Å². The number of benzene rings is 1. The lowest BCUT2D eigenvalue weighted by atomic mass is 9.60. The Morgan fingerprint density at radius 2 is 1.44 bits per heavy atom. The number of ketones is 1. The van der Waals surface area contributed by atoms with E-state index >= 15 is 0 Å². The van der Waals surface area contributed by atoms with Crippen LogP contribution in [0.15, 0.2) is 24.3 Å². The third-order valence-electron chi connectivity index (χ3n) is 4.23. The molecule has 9 heteroatoms. The second-order valence-electron chi connectivity index (χ2n) is 5.92. The SMILES string of the molecule is CC(C)(C(=O)c1ccc(C(F)(F)F)cc1)C(CC=O)(C(=O)O)C(=O)O. The van der Waals surface area contributed by atoms with Gasteiger partial charge in [0.2, 0.25) is 0 Å². The van der Waals surface area contributed by atoms with Crippen LogP contribution < -0.4 is 0 Å². The number of carboxylic acids is 2. The molecular weight excluding hydrogens is 345 g/mol. The van der Waals surface area contributed by atoms with Crippen molar-refractivity contribution < 1.29 is 42.6 Å². The molecule has 0 aliphatic carbocycles. The van der Waals surface area contributed by atoms with E-state index < -0.39 is 46.7 Å². The molecule has 0 fully saturated rings. The number of carboxylic acid groups (broad SMARTS) is 2. The van der Waals surface area contributed by atoms with Crippen LogP contribution in [0.1, 0.15) is 36.2 Å². The average molecular weight is 360 g/mol. The Hall–Kier alpha value is -2.71. The summed E-state index contributed by atoms with van der Waals surface area (Å²) in [4.78, 5) is 46.6. The molecule has 0 saturated heterocycles. The number of rotatable bonds is 7. The highest BCUT2D eigenvalue weighted by Crippen LogP contribution is 2.45. The van der Waals surface area contributed by atoms with E-state index in [4.69, 9.17) is 0 Å². The number of hydrogen-bond acceptors (Lipinski definition) is 4. The van der Waals surface area contributed by atoms with Gasteiger partial charge in [-0.05, 0) is 12.1 Å². The topological polar surface area (TPSA) is 109 Å². The molecule has 0 atom stereocenters. The highest BCUT2D eigenvalue weighted by atomic mass is 19.4. The molecule has 0 bridgehead atoms. The molecule has 0 amide bonds. The minimum Gasteiger partial charge on any atom is -0.480 e. The summed E-state index contributed by atoms with van der Waals surface area (Å²) in [7, 11) is 0. The molecule has 2 N–H and O–H groups in total. The average Bonchev–Trinajstić information content (AvgIpc) is 2.50. The zero-order valence-corrected chi connectivity index (χ0v) is 13.3. The summed E-state index contributed by atoms with van der Waals surface area (Å²) in [6, 6.07) is 2.93. The molecule has 0 saturated carbocycles. The molecule has 0 aliphatic rings. The van der Waals surface area contributed by atoms with Crippen molar-refractivity contribution in [2.24, 2.45) is 10.8 Å². The van der Waals surface area contributed by atoms with Gasteiger partial charge in [-0.1, -0.05) is 26.0 Å². The van der Waals surface area contributed by atoms with Gasteiger partial charge in [0.15, 0.2) is 11.2 Å². The summed E-state index contributed by atoms with van der Waals surface area (Å²) < 4.78 is 37.7. The lowest BCUT2D eigenvalue weighted by Crippen LogP contribution is -2.54. The highest BCUT2D eigenvalue weighted by Gasteiger charge is 2.61. The maximum absolute atomic E-state index is 12.6. The molecular formula is C16H15F3O6. The van der Waals surface area contributed by atoms with Crippen LogP contribution in [-0.2, 0) is 20.6 Å². The summed E-state index contributed by atoms with van der Waals surface area (Å²) in [5.74, 6) is -4.79. The molecule has 25 heavy (non-hydrogen) atoms. The van der Waals surface area contributed by atoms with Gasteiger partial charge in [-0.15, -0.1) is 0 Å². The number of halogens is 3. The molecule has 0 radical (unpaired) electrons. The van der Waals surface area contributed by atoms with Crippen LogP contribution in [0.2, 0.25) is 0 Å². The van der Waals surface area contributed by atoms with E-state index in [1.54, 1.807) is 0 Å². The van der Waals surface area contributed by atoms with Crippen molar-refractivity contribution in [2.75, 3.05) is 0 Å². The molecule has 0 spiro atoms. The number of hydrogen-bond donors (Lipinski definition) is 2. The van der Waals surface area contributed by atoms with E-state index in [9.17, 15) is 42.6 Å². The van der Waals surface area contributed by atoms with Crippen molar-refractivity contribution in [1.29, 1.82) is 0 Å². The van der Waals surface area contributed by atoms with Crippen LogP contribution in [0, 0.1) is 10.8 Å².